The van der Waals surface area contributed by atoms with Crippen molar-refractivity contribution >= 4 is 5.97 Å². The molecule has 0 saturated heterocycles. The van der Waals surface area contributed by atoms with Crippen LogP contribution in [0.4, 0.5) is 0 Å². The van der Waals surface area contributed by atoms with Gasteiger partial charge in [0.25, 0.3) is 0 Å². The average molecular weight is 192 g/mol. The molecule has 2 atom stereocenters. The summed E-state index contributed by atoms with van der Waals surface area (Å²) in [6.07, 6.45) is 0.572. The number of rotatable bonds is 3. The van der Waals surface area contributed by atoms with Crippen molar-refractivity contribution in [1.82, 2.24) is 0 Å². The lowest BCUT2D eigenvalue weighted by Crippen LogP contribution is -2.16. The molecule has 1 saturated carbocycles. The molecule has 0 heterocycles. The van der Waals surface area contributed by atoms with E-state index in [0.717, 1.165) is 5.56 Å². The van der Waals surface area contributed by atoms with E-state index >= 15 is 0 Å². The number of methoxy groups -OCH3 is 1. The zero-order valence-corrected chi connectivity index (χ0v) is 7.93. The monoisotopic (exact) mass is 192 g/mol. The van der Waals surface area contributed by atoms with Crippen molar-refractivity contribution in [1.29, 1.82) is 0 Å². The highest BCUT2D eigenvalue weighted by Gasteiger charge is 2.60. The molecule has 1 aliphatic carbocycles. The van der Waals surface area contributed by atoms with Gasteiger partial charge in [-0.25, -0.2) is 0 Å². The first-order chi connectivity index (χ1) is 6.70. The van der Waals surface area contributed by atoms with Gasteiger partial charge in [-0.1, -0.05) is 30.3 Å². The fraction of sp³-hybridized carbons (Fsp3) is 0.364. The molecule has 0 spiro atoms. The first-order valence-corrected chi connectivity index (χ1v) is 4.54. The van der Waals surface area contributed by atoms with Gasteiger partial charge in [0.2, 0.25) is 0 Å². The van der Waals surface area contributed by atoms with Crippen LogP contribution in [0.25, 0.3) is 0 Å². The quantitative estimate of drug-likeness (QED) is 0.791. The van der Waals surface area contributed by atoms with E-state index in [2.05, 4.69) is 0 Å². The van der Waals surface area contributed by atoms with Gasteiger partial charge in [-0.05, 0) is 12.0 Å². The Labute approximate surface area is 82.3 Å². The summed E-state index contributed by atoms with van der Waals surface area (Å²) in [4.78, 5) is 10.8. The lowest BCUT2D eigenvalue weighted by Gasteiger charge is -2.14. The molecule has 3 heteroatoms. The summed E-state index contributed by atoms with van der Waals surface area (Å²) in [5.74, 6) is -1.18. The first kappa shape index (κ1) is 9.21. The van der Waals surface area contributed by atoms with Gasteiger partial charge in [0.1, 0.15) is 5.60 Å². The van der Waals surface area contributed by atoms with Gasteiger partial charge in [0.15, 0.2) is 0 Å². The smallest absolute Gasteiger partial charge is 0.309 e. The fourth-order valence-corrected chi connectivity index (χ4v) is 1.91. The van der Waals surface area contributed by atoms with Crippen molar-refractivity contribution in [2.24, 2.45) is 5.92 Å². The van der Waals surface area contributed by atoms with Gasteiger partial charge in [-0.15, -0.1) is 0 Å². The number of hydrogen-bond acceptors (Lipinski definition) is 2. The standard InChI is InChI=1S/C11H12O3/c1-14-11(7-9(11)10(12)13)8-5-3-2-4-6-8/h2-6,9H,7H2,1H3,(H,12,13). The SMILES string of the molecule is COC1(c2ccccc2)CC1C(=O)O. The molecule has 0 amide bonds. The zero-order chi connectivity index (χ0) is 10.2. The Hall–Kier alpha value is -1.35. The van der Waals surface area contributed by atoms with Crippen molar-refractivity contribution in [3.05, 3.63) is 35.9 Å². The molecule has 0 aromatic heterocycles. The average Bonchev–Trinajstić information content (AvgIpc) is 2.95. The highest BCUT2D eigenvalue weighted by atomic mass is 16.5. The van der Waals surface area contributed by atoms with Crippen molar-refractivity contribution in [2.45, 2.75) is 12.0 Å². The van der Waals surface area contributed by atoms with Crippen LogP contribution in [0.1, 0.15) is 12.0 Å². The Kier molecular flexibility index (Phi) is 2.04. The molecule has 1 aliphatic rings. The van der Waals surface area contributed by atoms with Crippen LogP contribution < -0.4 is 0 Å². The maximum Gasteiger partial charge on any atom is 0.309 e. The summed E-state index contributed by atoms with van der Waals surface area (Å²) in [7, 11) is 1.57. The minimum Gasteiger partial charge on any atom is -0.481 e. The third-order valence-electron chi connectivity index (χ3n) is 2.83. The Bertz CT molecular complexity index is 347. The van der Waals surface area contributed by atoms with Gasteiger partial charge < -0.3 is 9.84 Å². The molecule has 0 radical (unpaired) electrons. The van der Waals surface area contributed by atoms with Crippen molar-refractivity contribution in [3.63, 3.8) is 0 Å². The van der Waals surface area contributed by atoms with Gasteiger partial charge >= 0.3 is 5.97 Å². The highest BCUT2D eigenvalue weighted by molar-refractivity contribution is 5.76. The molecule has 1 fully saturated rings. The Balaban J connectivity index is 2.29. The highest BCUT2D eigenvalue weighted by Crippen LogP contribution is 2.54. The molecule has 2 rings (SSSR count). The largest absolute Gasteiger partial charge is 0.481 e. The molecular weight excluding hydrogens is 180 g/mol. The number of carbonyl (C=O) groups is 1. The van der Waals surface area contributed by atoms with Crippen molar-refractivity contribution in [3.8, 4) is 0 Å². The lowest BCUT2D eigenvalue weighted by atomic mass is 10.1. The van der Waals surface area contributed by atoms with E-state index in [0.29, 0.717) is 6.42 Å². The number of hydrogen-bond donors (Lipinski definition) is 1. The van der Waals surface area contributed by atoms with Gasteiger partial charge in [0.05, 0.1) is 5.92 Å². The molecule has 3 nitrogen and oxygen atoms in total. The van der Waals surface area contributed by atoms with Crippen LogP contribution in [-0.4, -0.2) is 18.2 Å². The predicted molar refractivity (Wildman–Crippen MR) is 50.9 cm³/mol. The van der Waals surface area contributed by atoms with E-state index in [1.165, 1.54) is 0 Å². The molecule has 1 aromatic carbocycles. The van der Waals surface area contributed by atoms with Gasteiger partial charge in [-0.2, -0.15) is 0 Å². The molecule has 0 bridgehead atoms. The van der Waals surface area contributed by atoms with Crippen LogP contribution in [0.5, 0.6) is 0 Å². The minimum absolute atomic E-state index is 0.394. The summed E-state index contributed by atoms with van der Waals surface area (Å²) in [5.41, 5.74) is 0.377. The van der Waals surface area contributed by atoms with Crippen molar-refractivity contribution in [2.75, 3.05) is 7.11 Å². The van der Waals surface area contributed by atoms with Gasteiger partial charge in [-0.3, -0.25) is 4.79 Å². The van der Waals surface area contributed by atoms with Crippen molar-refractivity contribution < 1.29 is 14.6 Å². The summed E-state index contributed by atoms with van der Waals surface area (Å²) in [6.45, 7) is 0. The summed E-state index contributed by atoms with van der Waals surface area (Å²) < 4.78 is 5.33. The molecule has 1 N–H and O–H groups in total. The Morgan fingerprint density at radius 3 is 2.57 bits per heavy atom. The molecule has 2 unspecified atom stereocenters. The maximum atomic E-state index is 10.8. The van der Waals surface area contributed by atoms with Crippen LogP contribution >= 0.6 is 0 Å². The second kappa shape index (κ2) is 3.10. The third-order valence-corrected chi connectivity index (χ3v) is 2.83. The number of carboxylic acid groups (broad SMARTS) is 1. The predicted octanol–water partition coefficient (Wildman–Crippen LogP) is 1.63. The lowest BCUT2D eigenvalue weighted by molar-refractivity contribution is -0.140. The topological polar surface area (TPSA) is 46.5 Å². The maximum absolute atomic E-state index is 10.8. The normalized spacial score (nSPS) is 29.9. The number of aliphatic carboxylic acids is 1. The first-order valence-electron chi connectivity index (χ1n) is 4.54. The van der Waals surface area contributed by atoms with Crippen LogP contribution in [0, 0.1) is 5.92 Å². The van der Waals surface area contributed by atoms with Crippen LogP contribution in [-0.2, 0) is 15.1 Å². The zero-order valence-electron chi connectivity index (χ0n) is 7.93. The molecule has 0 aliphatic heterocycles. The summed E-state index contributed by atoms with van der Waals surface area (Å²) >= 11 is 0. The van der Waals surface area contributed by atoms with Crippen LogP contribution in [0.3, 0.4) is 0 Å². The second-order valence-electron chi connectivity index (χ2n) is 3.55. The minimum atomic E-state index is -0.782. The van der Waals surface area contributed by atoms with E-state index in [9.17, 15) is 4.79 Å². The fourth-order valence-electron chi connectivity index (χ4n) is 1.91. The van der Waals surface area contributed by atoms with Gasteiger partial charge in [0, 0.05) is 7.11 Å². The Morgan fingerprint density at radius 2 is 2.14 bits per heavy atom. The van der Waals surface area contributed by atoms with E-state index in [1.54, 1.807) is 7.11 Å². The van der Waals surface area contributed by atoms with E-state index in [-0.39, 0.29) is 0 Å². The molecule has 1 aromatic rings. The molecular formula is C11H12O3. The third kappa shape index (κ3) is 1.21. The summed E-state index contributed by atoms with van der Waals surface area (Å²) in [5, 5.41) is 8.90. The van der Waals surface area contributed by atoms with E-state index in [4.69, 9.17) is 9.84 Å². The molecule has 14 heavy (non-hydrogen) atoms. The van der Waals surface area contributed by atoms with E-state index in [1.807, 2.05) is 30.3 Å². The molecule has 74 valence electrons. The second-order valence-corrected chi connectivity index (χ2v) is 3.55. The number of benzene rings is 1. The van der Waals surface area contributed by atoms with Crippen LogP contribution in [0.2, 0.25) is 0 Å². The van der Waals surface area contributed by atoms with Crippen LogP contribution in [0.15, 0.2) is 30.3 Å². The summed E-state index contributed by atoms with van der Waals surface area (Å²) in [6, 6.07) is 9.52. The Morgan fingerprint density at radius 1 is 1.50 bits per heavy atom. The number of carboxylic acids is 1. The van der Waals surface area contributed by atoms with E-state index < -0.39 is 17.5 Å². The number of ether oxygens (including phenoxy) is 1.